The molecule has 2 aliphatic carbocycles. The van der Waals surface area contributed by atoms with Gasteiger partial charge in [-0.25, -0.2) is 9.78 Å². The number of fused-ring (bicyclic) bond motifs is 1. The van der Waals surface area contributed by atoms with Gasteiger partial charge in [0.1, 0.15) is 5.60 Å². The largest absolute Gasteiger partial charge is 0.534 e. The van der Waals surface area contributed by atoms with Crippen molar-refractivity contribution < 1.29 is 35.3 Å². The second-order valence-electron chi connectivity index (χ2n) is 10.4. The Labute approximate surface area is 191 Å². The first-order chi connectivity index (χ1) is 15.1. The highest BCUT2D eigenvalue weighted by atomic mass is 32.2. The Morgan fingerprint density at radius 2 is 1.94 bits per heavy atom. The molecular weight excluding hydrogens is 461 g/mol. The molecule has 0 aromatic carbocycles. The summed E-state index contributed by atoms with van der Waals surface area (Å²) in [4.78, 5) is 19.3. The topological polar surface area (TPSA) is 85.8 Å². The number of likely N-dealkylation sites (tertiary alicyclic amines) is 1. The number of halogens is 3. The normalized spacial score (nSPS) is 29.7. The molecule has 2 bridgehead atoms. The lowest BCUT2D eigenvalue weighted by Gasteiger charge is -2.61. The van der Waals surface area contributed by atoms with E-state index in [0.29, 0.717) is 31.0 Å². The summed E-state index contributed by atoms with van der Waals surface area (Å²) in [7, 11) is -5.82. The van der Waals surface area contributed by atoms with Crippen molar-refractivity contribution in [3.8, 4) is 5.88 Å². The van der Waals surface area contributed by atoms with Crippen molar-refractivity contribution in [3.63, 3.8) is 0 Å². The maximum Gasteiger partial charge on any atom is 0.534 e. The number of alkyl halides is 3. The minimum Gasteiger partial charge on any atom is -0.444 e. The van der Waals surface area contributed by atoms with Crippen molar-refractivity contribution in [3.05, 3.63) is 23.4 Å². The van der Waals surface area contributed by atoms with Gasteiger partial charge in [0.25, 0.3) is 0 Å². The first-order valence-electron chi connectivity index (χ1n) is 11.2. The molecule has 7 nitrogen and oxygen atoms in total. The molecule has 0 N–H and O–H groups in total. The fourth-order valence-electron chi connectivity index (χ4n) is 6.03. The Hall–Kier alpha value is -2.04. The van der Waals surface area contributed by atoms with Crippen molar-refractivity contribution in [2.45, 2.75) is 76.4 Å². The van der Waals surface area contributed by atoms with E-state index in [1.165, 1.54) is 0 Å². The fraction of sp³-hybridized carbons (Fsp3) is 0.727. The van der Waals surface area contributed by atoms with E-state index in [-0.39, 0.29) is 11.8 Å². The number of piperidine rings is 1. The SMILES string of the molecule is C[C@@H]1CC2Cc3nc(OS(=O)(=O)C(F)(F)F)ccc3[C@@]3(C1)C2CCCN3C(=O)OC(C)(C)C. The first kappa shape index (κ1) is 24.1. The van der Waals surface area contributed by atoms with E-state index in [4.69, 9.17) is 4.74 Å². The summed E-state index contributed by atoms with van der Waals surface area (Å²) in [5.74, 6) is 0.0547. The third-order valence-electron chi connectivity index (χ3n) is 6.89. The lowest BCUT2D eigenvalue weighted by molar-refractivity contribution is -0.0934. The van der Waals surface area contributed by atoms with Crippen molar-refractivity contribution in [1.82, 2.24) is 9.88 Å². The molecule has 11 heteroatoms. The van der Waals surface area contributed by atoms with Gasteiger partial charge in [-0.05, 0) is 82.3 Å². The standard InChI is InChI=1S/C22H29F3N2O5S/c1-13-10-14-11-17-16(7-8-18(26-17)32-33(29,30)22(23,24)25)21(12-13)15(14)6-5-9-27(21)19(28)31-20(2,3)4/h7-8,13-15H,5-6,9-12H2,1-4H3/t13-,14?,15?,21-/m1/s1. The predicted octanol–water partition coefficient (Wildman–Crippen LogP) is 4.75. The second kappa shape index (κ2) is 7.74. The number of nitrogens with zero attached hydrogens (tertiary/aromatic N) is 2. The highest BCUT2D eigenvalue weighted by Gasteiger charge is 2.59. The average Bonchev–Trinajstić information content (AvgIpc) is 2.64. The van der Waals surface area contributed by atoms with Crippen LogP contribution >= 0.6 is 0 Å². The van der Waals surface area contributed by atoms with Crippen molar-refractivity contribution in [2.75, 3.05) is 6.54 Å². The summed E-state index contributed by atoms with van der Waals surface area (Å²) in [5, 5.41) is 0. The molecule has 0 spiro atoms. The Kier molecular flexibility index (Phi) is 5.66. The molecular formula is C22H29F3N2O5S. The number of pyridine rings is 1. The van der Waals surface area contributed by atoms with Gasteiger partial charge in [0.15, 0.2) is 0 Å². The molecule has 4 atom stereocenters. The summed E-state index contributed by atoms with van der Waals surface area (Å²) in [6.07, 6.45) is 3.43. The van der Waals surface area contributed by atoms with Gasteiger partial charge in [-0.2, -0.15) is 21.6 Å². The van der Waals surface area contributed by atoms with Crippen LogP contribution in [0.3, 0.4) is 0 Å². The van der Waals surface area contributed by atoms with Gasteiger partial charge in [-0.15, -0.1) is 0 Å². The molecule has 184 valence electrons. The van der Waals surface area contributed by atoms with E-state index in [1.807, 2.05) is 0 Å². The average molecular weight is 491 g/mol. The minimum absolute atomic E-state index is 0.174. The van der Waals surface area contributed by atoms with Crippen LogP contribution in [0.1, 0.15) is 64.6 Å². The van der Waals surface area contributed by atoms with Crippen LogP contribution in [0.15, 0.2) is 12.1 Å². The highest BCUT2D eigenvalue weighted by Crippen LogP contribution is 2.59. The van der Waals surface area contributed by atoms with Crippen molar-refractivity contribution >= 4 is 16.2 Å². The highest BCUT2D eigenvalue weighted by molar-refractivity contribution is 7.87. The van der Waals surface area contributed by atoms with Crippen LogP contribution < -0.4 is 4.18 Å². The van der Waals surface area contributed by atoms with E-state index in [2.05, 4.69) is 16.1 Å². The Balaban J connectivity index is 1.79. The minimum atomic E-state index is -5.82. The molecule has 1 amide bonds. The van der Waals surface area contributed by atoms with Gasteiger partial charge in [-0.3, -0.25) is 4.90 Å². The molecule has 1 aromatic rings. The van der Waals surface area contributed by atoms with Gasteiger partial charge in [0.05, 0.1) is 11.2 Å². The van der Waals surface area contributed by atoms with Crippen LogP contribution in [0, 0.1) is 17.8 Å². The van der Waals surface area contributed by atoms with Crippen LogP contribution in [0.4, 0.5) is 18.0 Å². The summed E-state index contributed by atoms with van der Waals surface area (Å²) in [6, 6.07) is 2.73. The van der Waals surface area contributed by atoms with Crippen molar-refractivity contribution in [1.29, 1.82) is 0 Å². The second-order valence-corrected chi connectivity index (χ2v) is 12.0. The molecule has 1 saturated heterocycles. The van der Waals surface area contributed by atoms with E-state index < -0.39 is 38.7 Å². The lowest BCUT2D eigenvalue weighted by atomic mass is 9.53. The summed E-state index contributed by atoms with van der Waals surface area (Å²) in [5.41, 5.74) is -5.69. The molecule has 3 aliphatic rings. The number of carbonyl (C=O) groups is 1. The Morgan fingerprint density at radius 1 is 1.24 bits per heavy atom. The number of ether oxygens (including phenoxy) is 1. The Morgan fingerprint density at radius 3 is 2.58 bits per heavy atom. The summed E-state index contributed by atoms with van der Waals surface area (Å²) >= 11 is 0. The quantitative estimate of drug-likeness (QED) is 0.439. The zero-order valence-corrected chi connectivity index (χ0v) is 19.9. The number of rotatable bonds is 2. The summed E-state index contributed by atoms with van der Waals surface area (Å²) < 4.78 is 71.3. The van der Waals surface area contributed by atoms with E-state index in [9.17, 15) is 26.4 Å². The van der Waals surface area contributed by atoms with Crippen LogP contribution in [-0.2, 0) is 26.8 Å². The number of carbonyl (C=O) groups excluding carboxylic acids is 1. The van der Waals surface area contributed by atoms with Gasteiger partial charge in [0.2, 0.25) is 5.88 Å². The molecule has 1 aliphatic heterocycles. The number of aromatic nitrogens is 1. The lowest BCUT2D eigenvalue weighted by Crippen LogP contribution is -2.64. The maximum absolute atomic E-state index is 13.3. The van der Waals surface area contributed by atoms with Gasteiger partial charge in [-0.1, -0.05) is 6.92 Å². The molecule has 0 radical (unpaired) electrons. The maximum atomic E-state index is 13.3. The molecule has 1 saturated carbocycles. The number of amides is 1. The van der Waals surface area contributed by atoms with Crippen molar-refractivity contribution in [2.24, 2.45) is 17.8 Å². The first-order valence-corrected chi connectivity index (χ1v) is 12.6. The number of hydrogen-bond donors (Lipinski definition) is 0. The fourth-order valence-corrected chi connectivity index (χ4v) is 6.44. The Bertz CT molecular complexity index is 1050. The molecule has 2 heterocycles. The van der Waals surface area contributed by atoms with Gasteiger partial charge in [0, 0.05) is 12.6 Å². The van der Waals surface area contributed by atoms with Crippen LogP contribution in [0.5, 0.6) is 5.88 Å². The summed E-state index contributed by atoms with van der Waals surface area (Å²) in [6.45, 7) is 8.05. The van der Waals surface area contributed by atoms with Crippen LogP contribution in [-0.4, -0.2) is 42.0 Å². The monoisotopic (exact) mass is 490 g/mol. The van der Waals surface area contributed by atoms with E-state index >= 15 is 0 Å². The molecule has 2 unspecified atom stereocenters. The zero-order valence-electron chi connectivity index (χ0n) is 19.1. The zero-order chi connectivity index (χ0) is 24.4. The van der Waals surface area contributed by atoms with Gasteiger partial charge < -0.3 is 8.92 Å². The van der Waals surface area contributed by atoms with Crippen LogP contribution in [0.2, 0.25) is 0 Å². The molecule has 2 fully saturated rings. The van der Waals surface area contributed by atoms with E-state index in [0.717, 1.165) is 30.9 Å². The smallest absolute Gasteiger partial charge is 0.444 e. The van der Waals surface area contributed by atoms with Gasteiger partial charge >= 0.3 is 21.7 Å². The van der Waals surface area contributed by atoms with Crippen LogP contribution in [0.25, 0.3) is 0 Å². The predicted molar refractivity (Wildman–Crippen MR) is 113 cm³/mol. The molecule has 33 heavy (non-hydrogen) atoms. The molecule has 4 rings (SSSR count). The third-order valence-corrected chi connectivity index (χ3v) is 7.85. The molecule has 1 aromatic heterocycles. The van der Waals surface area contributed by atoms with E-state index in [1.54, 1.807) is 31.7 Å². The third kappa shape index (κ3) is 4.17. The number of hydrogen-bond acceptors (Lipinski definition) is 6.